The lowest BCUT2D eigenvalue weighted by molar-refractivity contribution is -0.121. The zero-order chi connectivity index (χ0) is 15.1. The van der Waals surface area contributed by atoms with Crippen LogP contribution < -0.4 is 15.4 Å². The number of aromatic nitrogens is 3. The second kappa shape index (κ2) is 7.39. The van der Waals surface area contributed by atoms with E-state index in [1.54, 1.807) is 7.11 Å². The summed E-state index contributed by atoms with van der Waals surface area (Å²) in [5, 5.41) is 12.7. The Morgan fingerprint density at radius 2 is 2.10 bits per heavy atom. The Hall–Kier alpha value is -2.41. The number of hydrogen-bond acceptors (Lipinski definition) is 5. The number of hydrogen-bond donors (Lipinski definition) is 3. The number of ether oxygens (including phenoxy) is 1. The molecule has 2 rings (SSSR count). The van der Waals surface area contributed by atoms with Gasteiger partial charge in [0.05, 0.1) is 13.7 Å². The Morgan fingerprint density at radius 3 is 2.76 bits per heavy atom. The summed E-state index contributed by atoms with van der Waals surface area (Å²) in [6.45, 7) is 0.991. The summed E-state index contributed by atoms with van der Waals surface area (Å²) in [7, 11) is 3.43. The van der Waals surface area contributed by atoms with Crippen molar-refractivity contribution in [2.24, 2.45) is 0 Å². The van der Waals surface area contributed by atoms with Crippen molar-refractivity contribution >= 4 is 5.91 Å². The van der Waals surface area contributed by atoms with Gasteiger partial charge in [-0.05, 0) is 31.3 Å². The molecular formula is C14H19N5O2. The zero-order valence-electron chi connectivity index (χ0n) is 12.1. The summed E-state index contributed by atoms with van der Waals surface area (Å²) < 4.78 is 5.11. The first-order valence-corrected chi connectivity index (χ1v) is 6.70. The molecule has 21 heavy (non-hydrogen) atoms. The van der Waals surface area contributed by atoms with Crippen LogP contribution >= 0.6 is 0 Å². The van der Waals surface area contributed by atoms with Crippen LogP contribution in [0.4, 0.5) is 0 Å². The highest BCUT2D eigenvalue weighted by molar-refractivity contribution is 5.75. The normalized spacial score (nSPS) is 10.4. The fourth-order valence-electron chi connectivity index (χ4n) is 1.75. The summed E-state index contributed by atoms with van der Waals surface area (Å²) in [4.78, 5) is 15.8. The van der Waals surface area contributed by atoms with Crippen molar-refractivity contribution in [3.05, 3.63) is 30.1 Å². The van der Waals surface area contributed by atoms with E-state index in [1.165, 1.54) is 0 Å². The Morgan fingerprint density at radius 1 is 1.33 bits per heavy atom. The summed E-state index contributed by atoms with van der Waals surface area (Å²) in [5.74, 6) is 1.98. The van der Waals surface area contributed by atoms with E-state index in [0.717, 1.165) is 11.3 Å². The van der Waals surface area contributed by atoms with Crippen LogP contribution in [-0.4, -0.2) is 41.8 Å². The van der Waals surface area contributed by atoms with Crippen LogP contribution in [0.2, 0.25) is 0 Å². The third kappa shape index (κ3) is 4.28. The summed E-state index contributed by atoms with van der Waals surface area (Å²) in [5.41, 5.74) is 0.889. The first-order valence-electron chi connectivity index (χ1n) is 6.70. The maximum absolute atomic E-state index is 11.5. The Balaban J connectivity index is 1.92. The molecule has 2 aromatic rings. The van der Waals surface area contributed by atoms with Crippen molar-refractivity contribution in [1.82, 2.24) is 25.8 Å². The van der Waals surface area contributed by atoms with Gasteiger partial charge in [0.25, 0.3) is 0 Å². The zero-order valence-corrected chi connectivity index (χ0v) is 12.1. The highest BCUT2D eigenvalue weighted by Gasteiger charge is 2.07. The molecule has 0 aliphatic heterocycles. The average Bonchev–Trinajstić information content (AvgIpc) is 3.00. The molecule has 0 saturated carbocycles. The lowest BCUT2D eigenvalue weighted by atomic mass is 10.2. The minimum absolute atomic E-state index is 0.0215. The molecule has 7 nitrogen and oxygen atoms in total. The van der Waals surface area contributed by atoms with Gasteiger partial charge in [0.1, 0.15) is 11.6 Å². The van der Waals surface area contributed by atoms with Gasteiger partial charge in [-0.25, -0.2) is 4.98 Å². The molecule has 0 spiro atoms. The molecule has 0 unspecified atom stereocenters. The maximum Gasteiger partial charge on any atom is 0.221 e. The molecule has 0 atom stereocenters. The van der Waals surface area contributed by atoms with Gasteiger partial charge in [-0.15, -0.1) is 0 Å². The SMILES string of the molecule is CNCCC(=O)NCc1nc(-c2ccc(OC)cc2)n[nH]1. The van der Waals surface area contributed by atoms with Gasteiger partial charge in [0, 0.05) is 18.5 Å². The number of carbonyl (C=O) groups excluding carboxylic acids is 1. The van der Waals surface area contributed by atoms with Crippen LogP contribution in [0.5, 0.6) is 5.75 Å². The largest absolute Gasteiger partial charge is 0.497 e. The lowest BCUT2D eigenvalue weighted by Crippen LogP contribution is -2.26. The van der Waals surface area contributed by atoms with Crippen LogP contribution in [0, 0.1) is 0 Å². The number of amides is 1. The molecule has 3 N–H and O–H groups in total. The third-order valence-electron chi connectivity index (χ3n) is 2.94. The fourth-order valence-corrected chi connectivity index (χ4v) is 1.75. The van der Waals surface area contributed by atoms with Crippen molar-refractivity contribution in [3.63, 3.8) is 0 Å². The monoisotopic (exact) mass is 289 g/mol. The Labute approximate surface area is 123 Å². The van der Waals surface area contributed by atoms with Gasteiger partial charge in [-0.2, -0.15) is 5.10 Å². The standard InChI is InChI=1S/C14H19N5O2/c1-15-8-7-13(20)16-9-12-17-14(19-18-12)10-3-5-11(21-2)6-4-10/h3-6,15H,7-9H2,1-2H3,(H,16,20)(H,17,18,19). The molecule has 1 amide bonds. The van der Waals surface area contributed by atoms with Crippen molar-refractivity contribution in [2.45, 2.75) is 13.0 Å². The topological polar surface area (TPSA) is 91.9 Å². The number of benzene rings is 1. The van der Waals surface area contributed by atoms with Crippen molar-refractivity contribution < 1.29 is 9.53 Å². The molecule has 0 aliphatic rings. The molecule has 0 aliphatic carbocycles. The van der Waals surface area contributed by atoms with Crippen molar-refractivity contribution in [3.8, 4) is 17.1 Å². The maximum atomic E-state index is 11.5. The van der Waals surface area contributed by atoms with E-state index in [2.05, 4.69) is 25.8 Å². The average molecular weight is 289 g/mol. The van der Waals surface area contributed by atoms with Gasteiger partial charge < -0.3 is 15.4 Å². The molecular weight excluding hydrogens is 270 g/mol. The number of nitrogens with zero attached hydrogens (tertiary/aromatic N) is 2. The van der Waals surface area contributed by atoms with Crippen LogP contribution in [0.25, 0.3) is 11.4 Å². The molecule has 0 fully saturated rings. The van der Waals surface area contributed by atoms with E-state index in [9.17, 15) is 4.79 Å². The van der Waals surface area contributed by atoms with E-state index < -0.39 is 0 Å². The van der Waals surface area contributed by atoms with E-state index in [0.29, 0.717) is 31.2 Å². The second-order valence-corrected chi connectivity index (χ2v) is 4.46. The summed E-state index contributed by atoms with van der Waals surface area (Å²) in [6, 6.07) is 7.48. The Kier molecular flexibility index (Phi) is 5.28. The van der Waals surface area contributed by atoms with Gasteiger partial charge in [0.2, 0.25) is 5.91 Å². The number of rotatable bonds is 7. The van der Waals surface area contributed by atoms with Crippen LogP contribution in [0.15, 0.2) is 24.3 Å². The molecule has 1 heterocycles. The van der Waals surface area contributed by atoms with Gasteiger partial charge in [-0.3, -0.25) is 9.89 Å². The first kappa shape index (κ1) is 15.0. The lowest BCUT2D eigenvalue weighted by Gasteiger charge is -2.02. The molecule has 1 aromatic carbocycles. The molecule has 0 saturated heterocycles. The molecule has 1 aromatic heterocycles. The number of methoxy groups -OCH3 is 1. The van der Waals surface area contributed by atoms with Gasteiger partial charge in [-0.1, -0.05) is 0 Å². The summed E-state index contributed by atoms with van der Waals surface area (Å²) >= 11 is 0. The minimum Gasteiger partial charge on any atom is -0.497 e. The van der Waals surface area contributed by atoms with Crippen molar-refractivity contribution in [2.75, 3.05) is 20.7 Å². The number of H-pyrrole nitrogens is 1. The van der Waals surface area contributed by atoms with Crippen LogP contribution in [0.1, 0.15) is 12.2 Å². The number of carbonyl (C=O) groups is 1. The highest BCUT2D eigenvalue weighted by atomic mass is 16.5. The van der Waals surface area contributed by atoms with E-state index in [-0.39, 0.29) is 5.91 Å². The molecule has 112 valence electrons. The first-order chi connectivity index (χ1) is 10.2. The predicted octanol–water partition coefficient (Wildman–Crippen LogP) is 0.706. The highest BCUT2D eigenvalue weighted by Crippen LogP contribution is 2.18. The molecule has 0 radical (unpaired) electrons. The predicted molar refractivity (Wildman–Crippen MR) is 78.8 cm³/mol. The van der Waals surface area contributed by atoms with Gasteiger partial charge >= 0.3 is 0 Å². The molecule has 7 heteroatoms. The van der Waals surface area contributed by atoms with Crippen LogP contribution in [-0.2, 0) is 11.3 Å². The minimum atomic E-state index is -0.0215. The smallest absolute Gasteiger partial charge is 0.221 e. The summed E-state index contributed by atoms with van der Waals surface area (Å²) in [6.07, 6.45) is 0.440. The fraction of sp³-hybridized carbons (Fsp3) is 0.357. The quantitative estimate of drug-likeness (QED) is 0.698. The Bertz CT molecular complexity index is 579. The number of nitrogens with one attached hydrogen (secondary N) is 3. The van der Waals surface area contributed by atoms with E-state index in [1.807, 2.05) is 31.3 Å². The second-order valence-electron chi connectivity index (χ2n) is 4.46. The van der Waals surface area contributed by atoms with E-state index in [4.69, 9.17) is 4.74 Å². The number of aromatic amines is 1. The van der Waals surface area contributed by atoms with Gasteiger partial charge in [0.15, 0.2) is 5.82 Å². The van der Waals surface area contributed by atoms with Crippen LogP contribution in [0.3, 0.4) is 0 Å². The van der Waals surface area contributed by atoms with Crippen molar-refractivity contribution in [1.29, 1.82) is 0 Å². The third-order valence-corrected chi connectivity index (χ3v) is 2.94. The van der Waals surface area contributed by atoms with E-state index >= 15 is 0 Å². The molecule has 0 bridgehead atoms.